The molecule has 68 valence electrons. The van der Waals surface area contributed by atoms with E-state index in [0.29, 0.717) is 0 Å². The van der Waals surface area contributed by atoms with E-state index in [1.807, 2.05) is 0 Å². The second-order valence-corrected chi connectivity index (χ2v) is 2.39. The third kappa shape index (κ3) is 2.02. The van der Waals surface area contributed by atoms with E-state index in [0.717, 1.165) is 6.08 Å². The second kappa shape index (κ2) is 3.22. The van der Waals surface area contributed by atoms with Crippen LogP contribution in [0.3, 0.4) is 0 Å². The van der Waals surface area contributed by atoms with Crippen molar-refractivity contribution in [2.45, 2.75) is 6.92 Å². The van der Waals surface area contributed by atoms with Crippen molar-refractivity contribution >= 4 is 17.9 Å². The summed E-state index contributed by atoms with van der Waals surface area (Å²) in [4.78, 5) is 32.1. The van der Waals surface area contributed by atoms with E-state index in [2.05, 4.69) is 16.1 Å². The smallest absolute Gasteiger partial charge is 0.382 e. The van der Waals surface area contributed by atoms with E-state index in [4.69, 9.17) is 0 Å². The zero-order valence-electron chi connectivity index (χ0n) is 6.83. The molecule has 1 aliphatic rings. The van der Waals surface area contributed by atoms with Crippen LogP contribution in [0.25, 0.3) is 0 Å². The Morgan fingerprint density at radius 3 is 2.54 bits per heavy atom. The summed E-state index contributed by atoms with van der Waals surface area (Å²) < 4.78 is 8.56. The van der Waals surface area contributed by atoms with Gasteiger partial charge in [-0.15, -0.1) is 0 Å². The van der Waals surface area contributed by atoms with Crippen LogP contribution in [0.1, 0.15) is 6.92 Å². The molecule has 0 saturated carbocycles. The normalized spacial score (nSPS) is 15.0. The van der Waals surface area contributed by atoms with Gasteiger partial charge in [-0.25, -0.2) is 14.4 Å². The van der Waals surface area contributed by atoms with Gasteiger partial charge >= 0.3 is 17.9 Å². The number of hydrogen-bond acceptors (Lipinski definition) is 5. The molecule has 1 heterocycles. The van der Waals surface area contributed by atoms with Gasteiger partial charge < -0.3 is 9.47 Å². The molecule has 1 rings (SSSR count). The van der Waals surface area contributed by atoms with E-state index >= 15 is 0 Å². The number of hydrogen-bond donors (Lipinski definition) is 0. The Labute approximate surface area is 73.6 Å². The zero-order chi connectivity index (χ0) is 10.0. The number of cyclic esters (lactones) is 2. The topological polar surface area (TPSA) is 69.7 Å². The summed E-state index contributed by atoms with van der Waals surface area (Å²) in [5.74, 6) is -2.97. The minimum Gasteiger partial charge on any atom is -0.415 e. The standard InChI is InChI=1S/C8H6O5/c1-4(2)7(10)12-5-3-6(9)13-8(5)11/h3H,1H2,2H3. The van der Waals surface area contributed by atoms with Crippen LogP contribution in [-0.2, 0) is 23.9 Å². The molecule has 0 amide bonds. The SMILES string of the molecule is C=C(C)C(=O)OC1=CC(=O)OC1=O. The fraction of sp³-hybridized carbons (Fsp3) is 0.125. The lowest BCUT2D eigenvalue weighted by Crippen LogP contribution is -2.10. The zero-order valence-corrected chi connectivity index (χ0v) is 6.83. The van der Waals surface area contributed by atoms with Crippen LogP contribution < -0.4 is 0 Å². The maximum atomic E-state index is 10.9. The van der Waals surface area contributed by atoms with E-state index < -0.39 is 23.7 Å². The van der Waals surface area contributed by atoms with Gasteiger partial charge in [-0.1, -0.05) is 6.58 Å². The summed E-state index contributed by atoms with van der Waals surface area (Å²) in [7, 11) is 0. The van der Waals surface area contributed by atoms with E-state index in [1.165, 1.54) is 6.92 Å². The summed E-state index contributed by atoms with van der Waals surface area (Å²) >= 11 is 0. The van der Waals surface area contributed by atoms with Crippen molar-refractivity contribution in [1.29, 1.82) is 0 Å². The van der Waals surface area contributed by atoms with Crippen molar-refractivity contribution in [3.05, 3.63) is 24.0 Å². The molecule has 0 saturated heterocycles. The Morgan fingerprint density at radius 1 is 1.54 bits per heavy atom. The van der Waals surface area contributed by atoms with Crippen LogP contribution in [0.4, 0.5) is 0 Å². The summed E-state index contributed by atoms with van der Waals surface area (Å²) in [5, 5.41) is 0. The van der Waals surface area contributed by atoms with Gasteiger partial charge in [0.15, 0.2) is 0 Å². The van der Waals surface area contributed by atoms with Crippen LogP contribution in [0.15, 0.2) is 24.0 Å². The van der Waals surface area contributed by atoms with E-state index in [-0.39, 0.29) is 5.57 Å². The fourth-order valence-corrected chi connectivity index (χ4v) is 0.595. The Morgan fingerprint density at radius 2 is 2.15 bits per heavy atom. The minimum atomic E-state index is -0.959. The van der Waals surface area contributed by atoms with Crippen molar-refractivity contribution in [2.75, 3.05) is 0 Å². The fourth-order valence-electron chi connectivity index (χ4n) is 0.595. The summed E-state index contributed by atoms with van der Waals surface area (Å²) in [5.41, 5.74) is 0.132. The maximum absolute atomic E-state index is 10.9. The summed E-state index contributed by atoms with van der Waals surface area (Å²) in [6.07, 6.45) is 0.809. The molecule has 0 radical (unpaired) electrons. The highest BCUT2D eigenvalue weighted by molar-refractivity contribution is 6.09. The molecule has 5 nitrogen and oxygen atoms in total. The largest absolute Gasteiger partial charge is 0.415 e. The molecule has 0 aromatic heterocycles. The Bertz CT molecular complexity index is 336. The molecule has 1 aliphatic heterocycles. The summed E-state index contributed by atoms with van der Waals surface area (Å²) in [6, 6.07) is 0. The van der Waals surface area contributed by atoms with Gasteiger partial charge in [0.05, 0.1) is 6.08 Å². The molecule has 0 spiro atoms. The third-order valence-electron chi connectivity index (χ3n) is 1.19. The van der Waals surface area contributed by atoms with Gasteiger partial charge in [-0.05, 0) is 6.92 Å². The van der Waals surface area contributed by atoms with Gasteiger partial charge in [0.1, 0.15) is 0 Å². The first-order valence-electron chi connectivity index (χ1n) is 3.36. The highest BCUT2D eigenvalue weighted by Gasteiger charge is 2.27. The van der Waals surface area contributed by atoms with Crippen molar-refractivity contribution < 1.29 is 23.9 Å². The van der Waals surface area contributed by atoms with Gasteiger partial charge in [0, 0.05) is 5.57 Å². The predicted molar refractivity (Wildman–Crippen MR) is 40.1 cm³/mol. The first-order chi connectivity index (χ1) is 6.00. The first kappa shape index (κ1) is 9.18. The van der Waals surface area contributed by atoms with Crippen molar-refractivity contribution in [1.82, 2.24) is 0 Å². The Balaban J connectivity index is 2.70. The molecule has 0 bridgehead atoms. The number of rotatable bonds is 2. The molecule has 0 atom stereocenters. The van der Waals surface area contributed by atoms with Crippen molar-refractivity contribution in [3.8, 4) is 0 Å². The quantitative estimate of drug-likeness (QED) is 0.343. The molecule has 5 heteroatoms. The number of carbonyl (C=O) groups excluding carboxylic acids is 3. The Hall–Kier alpha value is -1.91. The molecule has 0 unspecified atom stereocenters. The van der Waals surface area contributed by atoms with Gasteiger partial charge in [-0.3, -0.25) is 0 Å². The number of ether oxygens (including phenoxy) is 2. The van der Waals surface area contributed by atoms with Gasteiger partial charge in [0.25, 0.3) is 0 Å². The van der Waals surface area contributed by atoms with E-state index in [1.54, 1.807) is 0 Å². The molecule has 0 aromatic carbocycles. The molecular formula is C8H6O5. The van der Waals surface area contributed by atoms with Gasteiger partial charge in [-0.2, -0.15) is 0 Å². The lowest BCUT2D eigenvalue weighted by atomic mass is 10.3. The highest BCUT2D eigenvalue weighted by Crippen LogP contribution is 2.11. The summed E-state index contributed by atoms with van der Waals surface area (Å²) in [6.45, 7) is 4.72. The monoisotopic (exact) mass is 182 g/mol. The molecule has 0 fully saturated rings. The van der Waals surface area contributed by atoms with Crippen molar-refractivity contribution in [2.24, 2.45) is 0 Å². The van der Waals surface area contributed by atoms with Gasteiger partial charge in [0.2, 0.25) is 5.76 Å². The van der Waals surface area contributed by atoms with Crippen LogP contribution in [0.5, 0.6) is 0 Å². The molecule has 0 N–H and O–H groups in total. The highest BCUT2D eigenvalue weighted by atomic mass is 16.6. The van der Waals surface area contributed by atoms with Crippen LogP contribution in [0.2, 0.25) is 0 Å². The average Bonchev–Trinajstić information content (AvgIpc) is 2.30. The Kier molecular flexibility index (Phi) is 2.27. The molecular weight excluding hydrogens is 176 g/mol. The molecule has 13 heavy (non-hydrogen) atoms. The van der Waals surface area contributed by atoms with E-state index in [9.17, 15) is 14.4 Å². The second-order valence-electron chi connectivity index (χ2n) is 2.39. The first-order valence-corrected chi connectivity index (χ1v) is 3.36. The minimum absolute atomic E-state index is 0.132. The molecule has 0 aliphatic carbocycles. The lowest BCUT2D eigenvalue weighted by Gasteiger charge is -1.99. The van der Waals surface area contributed by atoms with Crippen LogP contribution in [0, 0.1) is 0 Å². The molecule has 0 aromatic rings. The number of esters is 3. The number of carbonyl (C=O) groups is 3. The van der Waals surface area contributed by atoms with Crippen molar-refractivity contribution in [3.63, 3.8) is 0 Å². The third-order valence-corrected chi connectivity index (χ3v) is 1.19. The predicted octanol–water partition coefficient (Wildman–Crippen LogP) is 0.0730. The van der Waals surface area contributed by atoms with Crippen LogP contribution >= 0.6 is 0 Å². The maximum Gasteiger partial charge on any atom is 0.382 e. The van der Waals surface area contributed by atoms with Crippen LogP contribution in [-0.4, -0.2) is 17.9 Å². The average molecular weight is 182 g/mol. The lowest BCUT2D eigenvalue weighted by molar-refractivity contribution is -0.154.